The molecule has 1 amide bonds. The largest absolute Gasteiger partial charge is 0.452 e. The van der Waals surface area contributed by atoms with Crippen LogP contribution in [0.5, 0.6) is 0 Å². The molecule has 0 saturated heterocycles. The molecule has 1 rings (SSSR count). The van der Waals surface area contributed by atoms with E-state index in [1.807, 2.05) is 0 Å². The molecule has 94 valence electrons. The van der Waals surface area contributed by atoms with Crippen molar-refractivity contribution in [1.82, 2.24) is 5.32 Å². The van der Waals surface area contributed by atoms with E-state index in [4.69, 9.17) is 16.9 Å². The van der Waals surface area contributed by atoms with Crippen molar-refractivity contribution in [2.45, 2.75) is 6.92 Å². The van der Waals surface area contributed by atoms with E-state index < -0.39 is 11.9 Å². The molecule has 1 aromatic carbocycles. The second-order valence-corrected chi connectivity index (χ2v) is 3.59. The summed E-state index contributed by atoms with van der Waals surface area (Å²) < 4.78 is 4.82. The van der Waals surface area contributed by atoms with E-state index >= 15 is 0 Å². The zero-order chi connectivity index (χ0) is 13.5. The van der Waals surface area contributed by atoms with Gasteiger partial charge in [-0.25, -0.2) is 4.79 Å². The van der Waals surface area contributed by atoms with Gasteiger partial charge in [-0.3, -0.25) is 4.79 Å². The van der Waals surface area contributed by atoms with Crippen molar-refractivity contribution < 1.29 is 14.3 Å². The van der Waals surface area contributed by atoms with Crippen molar-refractivity contribution in [2.75, 3.05) is 18.9 Å². The van der Waals surface area contributed by atoms with Gasteiger partial charge in [-0.05, 0) is 18.6 Å². The Morgan fingerprint density at radius 1 is 1.50 bits per heavy atom. The average molecular weight is 246 g/mol. The van der Waals surface area contributed by atoms with Gasteiger partial charge in [0.1, 0.15) is 0 Å². The van der Waals surface area contributed by atoms with Crippen LogP contribution in [0.2, 0.25) is 0 Å². The Kier molecular flexibility index (Phi) is 4.76. The molecule has 1 aromatic rings. The van der Waals surface area contributed by atoms with Gasteiger partial charge in [-0.15, -0.1) is 6.42 Å². The number of anilines is 1. The first-order valence-electron chi connectivity index (χ1n) is 5.28. The van der Waals surface area contributed by atoms with Crippen LogP contribution in [-0.2, 0) is 9.53 Å². The van der Waals surface area contributed by atoms with Crippen molar-refractivity contribution in [3.05, 3.63) is 29.3 Å². The maximum absolute atomic E-state index is 11.7. The molecular weight excluding hydrogens is 232 g/mol. The van der Waals surface area contributed by atoms with Gasteiger partial charge in [0.25, 0.3) is 5.91 Å². The molecule has 0 atom stereocenters. The predicted octanol–water partition coefficient (Wildman–Crippen LogP) is 0.483. The van der Waals surface area contributed by atoms with Crippen molar-refractivity contribution in [3.8, 4) is 12.3 Å². The molecule has 0 aromatic heterocycles. The number of nitrogens with two attached hydrogens (primary N) is 1. The number of aryl methyl sites for hydroxylation is 1. The van der Waals surface area contributed by atoms with E-state index in [0.29, 0.717) is 5.69 Å². The number of carbonyl (C=O) groups is 2. The molecule has 0 radical (unpaired) electrons. The number of esters is 1. The fraction of sp³-hybridized carbons (Fsp3) is 0.231. The first kappa shape index (κ1) is 13.6. The van der Waals surface area contributed by atoms with Crippen molar-refractivity contribution in [2.24, 2.45) is 0 Å². The molecule has 5 heteroatoms. The standard InChI is InChI=1S/C13H14N2O3/c1-3-7-15-11(16)8-18-13(17)10-6-4-5-9(2)12(10)14/h1,4-6H,7-8,14H2,2H3,(H,15,16). The third-order valence-electron chi connectivity index (χ3n) is 2.27. The lowest BCUT2D eigenvalue weighted by atomic mass is 10.1. The van der Waals surface area contributed by atoms with Gasteiger partial charge in [-0.2, -0.15) is 0 Å². The molecule has 0 unspecified atom stereocenters. The van der Waals surface area contributed by atoms with Gasteiger partial charge < -0.3 is 15.8 Å². The van der Waals surface area contributed by atoms with Crippen LogP contribution in [0.25, 0.3) is 0 Å². The number of nitrogens with one attached hydrogen (secondary N) is 1. The maximum atomic E-state index is 11.7. The molecule has 5 nitrogen and oxygen atoms in total. The van der Waals surface area contributed by atoms with Crippen LogP contribution in [0.3, 0.4) is 0 Å². The fourth-order valence-corrected chi connectivity index (χ4v) is 1.27. The highest BCUT2D eigenvalue weighted by molar-refractivity contribution is 5.96. The summed E-state index contributed by atoms with van der Waals surface area (Å²) in [5.74, 6) is 1.16. The molecule has 0 bridgehead atoms. The molecule has 0 aliphatic carbocycles. The highest BCUT2D eigenvalue weighted by Gasteiger charge is 2.13. The number of nitrogen functional groups attached to an aromatic ring is 1. The van der Waals surface area contributed by atoms with Crippen molar-refractivity contribution in [1.29, 1.82) is 0 Å². The van der Waals surface area contributed by atoms with E-state index in [9.17, 15) is 9.59 Å². The zero-order valence-electron chi connectivity index (χ0n) is 10.0. The van der Waals surface area contributed by atoms with Crippen LogP contribution in [0.15, 0.2) is 18.2 Å². The summed E-state index contributed by atoms with van der Waals surface area (Å²) in [7, 11) is 0. The monoisotopic (exact) mass is 246 g/mol. The van der Waals surface area contributed by atoms with Crippen LogP contribution in [-0.4, -0.2) is 25.0 Å². The number of para-hydroxylation sites is 1. The molecule has 0 spiro atoms. The topological polar surface area (TPSA) is 81.4 Å². The van der Waals surface area contributed by atoms with Gasteiger partial charge in [0.2, 0.25) is 0 Å². The molecule has 0 heterocycles. The van der Waals surface area contributed by atoms with Crippen LogP contribution in [0.1, 0.15) is 15.9 Å². The van der Waals surface area contributed by atoms with Crippen molar-refractivity contribution in [3.63, 3.8) is 0 Å². The number of carbonyl (C=O) groups excluding carboxylic acids is 2. The molecule has 0 aliphatic rings. The number of amides is 1. The molecular formula is C13H14N2O3. The first-order valence-corrected chi connectivity index (χ1v) is 5.28. The SMILES string of the molecule is C#CCNC(=O)COC(=O)c1cccc(C)c1N. The second-order valence-electron chi connectivity index (χ2n) is 3.59. The van der Waals surface area contributed by atoms with Gasteiger partial charge in [-0.1, -0.05) is 18.1 Å². The lowest BCUT2D eigenvalue weighted by molar-refractivity contribution is -0.123. The molecule has 0 aliphatic heterocycles. The normalized spacial score (nSPS) is 9.33. The van der Waals surface area contributed by atoms with E-state index in [2.05, 4.69) is 11.2 Å². The van der Waals surface area contributed by atoms with Crippen LogP contribution in [0, 0.1) is 19.3 Å². The molecule has 0 saturated carbocycles. The maximum Gasteiger partial charge on any atom is 0.340 e. The van der Waals surface area contributed by atoms with E-state index in [-0.39, 0.29) is 18.7 Å². The Labute approximate surface area is 105 Å². The predicted molar refractivity (Wildman–Crippen MR) is 67.7 cm³/mol. The number of hydrogen-bond donors (Lipinski definition) is 2. The second kappa shape index (κ2) is 6.30. The Bertz CT molecular complexity index is 503. The summed E-state index contributed by atoms with van der Waals surface area (Å²) in [5, 5.41) is 2.38. The Hall–Kier alpha value is -2.48. The number of rotatable bonds is 4. The van der Waals surface area contributed by atoms with E-state index in [1.54, 1.807) is 25.1 Å². The minimum atomic E-state index is -0.632. The third-order valence-corrected chi connectivity index (χ3v) is 2.27. The average Bonchev–Trinajstić information content (AvgIpc) is 2.36. The summed E-state index contributed by atoms with van der Waals surface area (Å²) in [6.07, 6.45) is 4.97. The minimum absolute atomic E-state index is 0.100. The smallest absolute Gasteiger partial charge is 0.340 e. The minimum Gasteiger partial charge on any atom is -0.452 e. The third kappa shape index (κ3) is 3.52. The summed E-state index contributed by atoms with van der Waals surface area (Å²) in [4.78, 5) is 22.8. The quantitative estimate of drug-likeness (QED) is 0.460. The molecule has 0 fully saturated rings. The fourth-order valence-electron chi connectivity index (χ4n) is 1.27. The summed E-state index contributed by atoms with van der Waals surface area (Å²) >= 11 is 0. The highest BCUT2D eigenvalue weighted by Crippen LogP contribution is 2.17. The number of benzene rings is 1. The highest BCUT2D eigenvalue weighted by atomic mass is 16.5. The summed E-state index contributed by atoms with van der Waals surface area (Å²) in [6, 6.07) is 5.02. The van der Waals surface area contributed by atoms with Crippen LogP contribution in [0.4, 0.5) is 5.69 Å². The number of terminal acetylenes is 1. The summed E-state index contributed by atoms with van der Waals surface area (Å²) in [5.41, 5.74) is 7.12. The number of ether oxygens (including phenoxy) is 1. The lowest BCUT2D eigenvalue weighted by Crippen LogP contribution is -2.29. The Morgan fingerprint density at radius 3 is 2.89 bits per heavy atom. The van der Waals surface area contributed by atoms with E-state index in [0.717, 1.165) is 5.56 Å². The Morgan fingerprint density at radius 2 is 2.22 bits per heavy atom. The van der Waals surface area contributed by atoms with Gasteiger partial charge in [0.05, 0.1) is 12.1 Å². The molecule has 18 heavy (non-hydrogen) atoms. The first-order chi connectivity index (χ1) is 8.56. The van der Waals surface area contributed by atoms with Gasteiger partial charge in [0, 0.05) is 5.69 Å². The van der Waals surface area contributed by atoms with Crippen LogP contribution < -0.4 is 11.1 Å². The Balaban J connectivity index is 2.59. The molecule has 3 N–H and O–H groups in total. The van der Waals surface area contributed by atoms with Gasteiger partial charge >= 0.3 is 5.97 Å². The number of hydrogen-bond acceptors (Lipinski definition) is 4. The zero-order valence-corrected chi connectivity index (χ0v) is 10.0. The lowest BCUT2D eigenvalue weighted by Gasteiger charge is -2.08. The summed E-state index contributed by atoms with van der Waals surface area (Å²) in [6.45, 7) is 1.50. The van der Waals surface area contributed by atoms with Gasteiger partial charge in [0.15, 0.2) is 6.61 Å². The van der Waals surface area contributed by atoms with Crippen molar-refractivity contribution >= 4 is 17.6 Å². The van der Waals surface area contributed by atoms with Crippen LogP contribution >= 0.6 is 0 Å². The van der Waals surface area contributed by atoms with E-state index in [1.165, 1.54) is 0 Å².